The minimum atomic E-state index is -4.41. The smallest absolute Gasteiger partial charge is 0.416 e. The molecule has 1 N–H and O–H groups in total. The van der Waals surface area contributed by atoms with Gasteiger partial charge in [0.25, 0.3) is 5.91 Å². The van der Waals surface area contributed by atoms with Crippen molar-refractivity contribution in [2.75, 3.05) is 12.8 Å². The Morgan fingerprint density at radius 1 is 1.04 bits per heavy atom. The van der Waals surface area contributed by atoms with Gasteiger partial charge in [-0.25, -0.2) is 8.42 Å². The van der Waals surface area contributed by atoms with Gasteiger partial charge in [-0.3, -0.25) is 4.79 Å². The van der Waals surface area contributed by atoms with Crippen molar-refractivity contribution in [1.82, 2.24) is 5.32 Å². The number of carbonyl (C=O) groups is 1. The molecule has 2 rings (SSSR count). The van der Waals surface area contributed by atoms with Crippen molar-refractivity contribution < 1.29 is 31.1 Å². The van der Waals surface area contributed by atoms with Crippen LogP contribution in [-0.4, -0.2) is 27.1 Å². The lowest BCUT2D eigenvalue weighted by atomic mass is 10.2. The molecule has 0 aromatic heterocycles. The van der Waals surface area contributed by atoms with Gasteiger partial charge in [0.1, 0.15) is 11.5 Å². The molecule has 144 valence electrons. The normalized spacial score (nSPS) is 12.1. The minimum Gasteiger partial charge on any atom is -0.457 e. The third-order valence-corrected chi connectivity index (χ3v) is 3.94. The molecule has 0 aliphatic carbocycles. The van der Waals surface area contributed by atoms with Crippen LogP contribution < -0.4 is 10.1 Å². The van der Waals surface area contributed by atoms with Crippen LogP contribution in [0.4, 0.5) is 13.2 Å². The average Bonchev–Trinajstić information content (AvgIpc) is 2.58. The van der Waals surface area contributed by atoms with E-state index in [1.807, 2.05) is 0 Å². The summed E-state index contributed by atoms with van der Waals surface area (Å²) in [5, 5.41) is 3.52. The first-order valence-electron chi connectivity index (χ1n) is 7.64. The van der Waals surface area contributed by atoms with E-state index in [1.165, 1.54) is 42.5 Å². The standard InChI is InChI=1S/C18H16F3NO4S/c1-27(24,25)12-2-11-22-17(23)13-3-7-15(8-4-13)26-16-9-5-14(6-10-16)18(19,20)21/h2-10,12H,11H2,1H3,(H,22,23). The number of hydrogen-bond acceptors (Lipinski definition) is 4. The van der Waals surface area contributed by atoms with Crippen LogP contribution in [0.25, 0.3) is 0 Å². The molecule has 0 aliphatic rings. The number of carbonyl (C=O) groups excluding carboxylic acids is 1. The van der Waals surface area contributed by atoms with Crippen LogP contribution in [-0.2, 0) is 16.0 Å². The van der Waals surface area contributed by atoms with E-state index in [0.29, 0.717) is 11.3 Å². The first-order chi connectivity index (χ1) is 12.5. The molecule has 1 amide bonds. The van der Waals surface area contributed by atoms with E-state index in [4.69, 9.17) is 4.74 Å². The first kappa shape index (κ1) is 20.5. The molecule has 0 radical (unpaired) electrons. The molecule has 2 aromatic rings. The molecule has 27 heavy (non-hydrogen) atoms. The molecule has 2 aromatic carbocycles. The molecule has 0 aliphatic heterocycles. The maximum Gasteiger partial charge on any atom is 0.416 e. The lowest BCUT2D eigenvalue weighted by Gasteiger charge is -2.09. The van der Waals surface area contributed by atoms with Crippen molar-refractivity contribution in [2.24, 2.45) is 0 Å². The van der Waals surface area contributed by atoms with Crippen LogP contribution in [0.2, 0.25) is 0 Å². The largest absolute Gasteiger partial charge is 0.457 e. The summed E-state index contributed by atoms with van der Waals surface area (Å²) in [7, 11) is -3.24. The van der Waals surface area contributed by atoms with Gasteiger partial charge in [0, 0.05) is 23.8 Å². The number of ether oxygens (including phenoxy) is 1. The Morgan fingerprint density at radius 2 is 1.56 bits per heavy atom. The topological polar surface area (TPSA) is 72.5 Å². The molecule has 0 atom stereocenters. The Bertz CT molecular complexity index is 919. The predicted octanol–water partition coefficient (Wildman–Crippen LogP) is 3.79. The van der Waals surface area contributed by atoms with Gasteiger partial charge in [0.05, 0.1) is 5.56 Å². The Hall–Kier alpha value is -2.81. The zero-order valence-corrected chi connectivity index (χ0v) is 15.0. The molecule has 9 heteroatoms. The van der Waals surface area contributed by atoms with Gasteiger partial charge in [0.15, 0.2) is 9.84 Å². The number of hydrogen-bond donors (Lipinski definition) is 1. The number of benzene rings is 2. The molecule has 0 saturated heterocycles. The fraction of sp³-hybridized carbons (Fsp3) is 0.167. The monoisotopic (exact) mass is 399 g/mol. The lowest BCUT2D eigenvalue weighted by molar-refractivity contribution is -0.137. The van der Waals surface area contributed by atoms with E-state index in [9.17, 15) is 26.4 Å². The highest BCUT2D eigenvalue weighted by molar-refractivity contribution is 7.93. The third kappa shape index (κ3) is 6.78. The number of sulfone groups is 1. The van der Waals surface area contributed by atoms with Gasteiger partial charge in [-0.15, -0.1) is 0 Å². The van der Waals surface area contributed by atoms with Crippen LogP contribution in [0.3, 0.4) is 0 Å². The SMILES string of the molecule is CS(=O)(=O)C=CCNC(=O)c1ccc(Oc2ccc(C(F)(F)F)cc2)cc1. The van der Waals surface area contributed by atoms with Gasteiger partial charge in [-0.2, -0.15) is 13.2 Å². The second-order valence-corrected chi connectivity index (χ2v) is 7.49. The van der Waals surface area contributed by atoms with Gasteiger partial charge in [-0.05, 0) is 48.5 Å². The number of nitrogens with one attached hydrogen (secondary N) is 1. The second kappa shape index (κ2) is 8.26. The number of amides is 1. The second-order valence-electron chi connectivity index (χ2n) is 5.56. The molecule has 0 unspecified atom stereocenters. The Labute approximate surface area is 154 Å². The van der Waals surface area contributed by atoms with Crippen LogP contribution in [0, 0.1) is 0 Å². The number of alkyl halides is 3. The summed E-state index contributed by atoms with van der Waals surface area (Å²) < 4.78 is 64.9. The fourth-order valence-electron chi connectivity index (χ4n) is 2.00. The van der Waals surface area contributed by atoms with Crippen molar-refractivity contribution in [3.63, 3.8) is 0 Å². The summed E-state index contributed by atoms with van der Waals surface area (Å²) in [6, 6.07) is 10.2. The van der Waals surface area contributed by atoms with E-state index in [0.717, 1.165) is 23.8 Å². The maximum absolute atomic E-state index is 12.5. The summed E-state index contributed by atoms with van der Waals surface area (Å²) in [6.45, 7) is 0.0513. The van der Waals surface area contributed by atoms with E-state index in [1.54, 1.807) is 0 Å². The zero-order chi connectivity index (χ0) is 20.1. The van der Waals surface area contributed by atoms with E-state index in [2.05, 4.69) is 5.32 Å². The molecular formula is C18H16F3NO4S. The van der Waals surface area contributed by atoms with Gasteiger partial charge >= 0.3 is 6.18 Å². The van der Waals surface area contributed by atoms with Gasteiger partial charge in [-0.1, -0.05) is 6.08 Å². The maximum atomic E-state index is 12.5. The quantitative estimate of drug-likeness (QED) is 0.802. The predicted molar refractivity (Wildman–Crippen MR) is 94.3 cm³/mol. The summed E-state index contributed by atoms with van der Waals surface area (Å²) in [6.07, 6.45) is -2.06. The fourth-order valence-corrected chi connectivity index (χ4v) is 2.44. The van der Waals surface area contributed by atoms with Crippen molar-refractivity contribution in [1.29, 1.82) is 0 Å². The highest BCUT2D eigenvalue weighted by atomic mass is 32.2. The van der Waals surface area contributed by atoms with Crippen LogP contribution >= 0.6 is 0 Å². The van der Waals surface area contributed by atoms with Crippen molar-refractivity contribution >= 4 is 15.7 Å². The number of rotatable bonds is 6. The van der Waals surface area contributed by atoms with Crippen molar-refractivity contribution in [3.05, 3.63) is 71.1 Å². The van der Waals surface area contributed by atoms with Crippen molar-refractivity contribution in [2.45, 2.75) is 6.18 Å². The Balaban J connectivity index is 1.94. The first-order valence-corrected chi connectivity index (χ1v) is 9.60. The van der Waals surface area contributed by atoms with E-state index >= 15 is 0 Å². The molecule has 0 spiro atoms. The summed E-state index contributed by atoms with van der Waals surface area (Å²) in [4.78, 5) is 11.9. The summed E-state index contributed by atoms with van der Waals surface area (Å²) >= 11 is 0. The zero-order valence-electron chi connectivity index (χ0n) is 14.2. The van der Waals surface area contributed by atoms with E-state index in [-0.39, 0.29) is 12.3 Å². The molecule has 0 heterocycles. The van der Waals surface area contributed by atoms with Crippen LogP contribution in [0.5, 0.6) is 11.5 Å². The Kier molecular flexibility index (Phi) is 6.27. The Morgan fingerprint density at radius 3 is 2.04 bits per heavy atom. The summed E-state index contributed by atoms with van der Waals surface area (Å²) in [5.41, 5.74) is -0.450. The van der Waals surface area contributed by atoms with Crippen LogP contribution in [0.1, 0.15) is 15.9 Å². The lowest BCUT2D eigenvalue weighted by Crippen LogP contribution is -2.23. The van der Waals surface area contributed by atoms with Gasteiger partial charge < -0.3 is 10.1 Å². The number of halogens is 3. The third-order valence-electron chi connectivity index (χ3n) is 3.26. The molecule has 0 bridgehead atoms. The van der Waals surface area contributed by atoms with Gasteiger partial charge in [0.2, 0.25) is 0 Å². The molecule has 0 fully saturated rings. The average molecular weight is 399 g/mol. The molecule has 5 nitrogen and oxygen atoms in total. The van der Waals surface area contributed by atoms with Crippen LogP contribution in [0.15, 0.2) is 60.0 Å². The minimum absolute atomic E-state index is 0.0513. The van der Waals surface area contributed by atoms with Crippen molar-refractivity contribution in [3.8, 4) is 11.5 Å². The summed E-state index contributed by atoms with van der Waals surface area (Å²) in [5.74, 6) is 0.170. The highest BCUT2D eigenvalue weighted by Gasteiger charge is 2.30. The highest BCUT2D eigenvalue weighted by Crippen LogP contribution is 2.31. The molecular weight excluding hydrogens is 383 g/mol. The van der Waals surface area contributed by atoms with E-state index < -0.39 is 27.5 Å². The molecule has 0 saturated carbocycles.